The number of nitrogens with zero attached hydrogens (tertiary/aromatic N) is 2. The van der Waals surface area contributed by atoms with Crippen LogP contribution in [0, 0.1) is 0 Å². The molecule has 7 heteroatoms. The summed E-state index contributed by atoms with van der Waals surface area (Å²) in [5.41, 5.74) is 1.97. The number of allylic oxidation sites excluding steroid dienone is 1. The minimum atomic E-state index is -0.673. The van der Waals surface area contributed by atoms with Crippen molar-refractivity contribution in [2.24, 2.45) is 0 Å². The molecule has 0 saturated heterocycles. The monoisotopic (exact) mass is 396 g/mol. The second-order valence-corrected chi connectivity index (χ2v) is 7.06. The fourth-order valence-corrected chi connectivity index (χ4v) is 2.72. The molecular formula is C22H28N4O3. The van der Waals surface area contributed by atoms with Crippen LogP contribution >= 0.6 is 0 Å². The topological polar surface area (TPSA) is 94.6 Å². The molecule has 1 unspecified atom stereocenters. The van der Waals surface area contributed by atoms with E-state index in [0.29, 0.717) is 12.8 Å². The van der Waals surface area contributed by atoms with Gasteiger partial charge in [-0.2, -0.15) is 0 Å². The van der Waals surface area contributed by atoms with Crippen molar-refractivity contribution in [3.05, 3.63) is 72.2 Å². The summed E-state index contributed by atoms with van der Waals surface area (Å²) in [6.45, 7) is 1.65. The molecule has 0 bridgehead atoms. The Hall–Kier alpha value is -3.19. The first-order valence-electron chi connectivity index (χ1n) is 9.46. The molecule has 0 aliphatic heterocycles. The average molecular weight is 396 g/mol. The van der Waals surface area contributed by atoms with Crippen molar-refractivity contribution < 1.29 is 14.7 Å². The van der Waals surface area contributed by atoms with E-state index < -0.39 is 12.1 Å². The molecule has 2 atom stereocenters. The fourth-order valence-electron chi connectivity index (χ4n) is 2.72. The fraction of sp³-hybridized carbons (Fsp3) is 0.318. The normalized spacial score (nSPS) is 13.2. The number of benzene rings is 1. The predicted octanol–water partition coefficient (Wildman–Crippen LogP) is 1.64. The molecule has 0 fully saturated rings. The van der Waals surface area contributed by atoms with E-state index in [1.54, 1.807) is 54.7 Å². The van der Waals surface area contributed by atoms with Gasteiger partial charge in [-0.1, -0.05) is 24.3 Å². The van der Waals surface area contributed by atoms with Crippen LogP contribution < -0.4 is 10.6 Å². The van der Waals surface area contributed by atoms with Crippen molar-refractivity contribution in [3.8, 4) is 5.75 Å². The molecule has 1 aromatic heterocycles. The van der Waals surface area contributed by atoms with Gasteiger partial charge in [-0.3, -0.25) is 19.5 Å². The van der Waals surface area contributed by atoms with Gasteiger partial charge in [0.05, 0.1) is 6.04 Å². The second kappa shape index (κ2) is 11.0. The lowest BCUT2D eigenvalue weighted by molar-refractivity contribution is -0.130. The molecule has 2 amide bonds. The maximum atomic E-state index is 12.7. The van der Waals surface area contributed by atoms with Crippen LogP contribution in [0.25, 0.3) is 0 Å². The van der Waals surface area contributed by atoms with Gasteiger partial charge in [-0.25, -0.2) is 0 Å². The number of rotatable bonds is 9. The first-order valence-corrected chi connectivity index (χ1v) is 9.46. The van der Waals surface area contributed by atoms with Gasteiger partial charge in [0.1, 0.15) is 11.8 Å². The number of hydrogen-bond donors (Lipinski definition) is 3. The number of pyridine rings is 1. The lowest BCUT2D eigenvalue weighted by Gasteiger charge is -2.25. The van der Waals surface area contributed by atoms with E-state index >= 15 is 0 Å². The third-order valence-electron chi connectivity index (χ3n) is 4.46. The summed E-state index contributed by atoms with van der Waals surface area (Å²) in [6.07, 6.45) is 8.02. The number of aromatic nitrogens is 1. The van der Waals surface area contributed by atoms with Crippen molar-refractivity contribution in [2.75, 3.05) is 14.1 Å². The number of likely N-dealkylation sites (N-methyl/N-ethyl adjacent to an activating group) is 1. The summed E-state index contributed by atoms with van der Waals surface area (Å²) in [5, 5.41) is 14.9. The number of phenolic OH excluding ortho intramolecular Hbond substituents is 1. The molecule has 154 valence electrons. The van der Waals surface area contributed by atoms with Crippen LogP contribution in [0.15, 0.2) is 61.1 Å². The molecule has 0 aliphatic rings. The van der Waals surface area contributed by atoms with Crippen molar-refractivity contribution in [1.82, 2.24) is 20.5 Å². The molecule has 0 spiro atoms. The molecule has 1 heterocycles. The first-order chi connectivity index (χ1) is 13.9. The number of carbonyl (C=O) groups is 2. The Balaban J connectivity index is 1.85. The lowest BCUT2D eigenvalue weighted by atomic mass is 10.0. The quantitative estimate of drug-likeness (QED) is 0.599. The molecule has 2 aromatic rings. The summed E-state index contributed by atoms with van der Waals surface area (Å²) < 4.78 is 0. The summed E-state index contributed by atoms with van der Waals surface area (Å²) >= 11 is 0. The molecule has 0 saturated carbocycles. The van der Waals surface area contributed by atoms with Crippen LogP contribution in [-0.4, -0.2) is 53.0 Å². The molecule has 0 aliphatic carbocycles. The predicted molar refractivity (Wildman–Crippen MR) is 112 cm³/mol. The van der Waals surface area contributed by atoms with E-state index in [0.717, 1.165) is 11.1 Å². The minimum absolute atomic E-state index is 0.182. The van der Waals surface area contributed by atoms with Gasteiger partial charge >= 0.3 is 0 Å². The Bertz CT molecular complexity index is 820. The van der Waals surface area contributed by atoms with Crippen LogP contribution in [0.2, 0.25) is 0 Å². The highest BCUT2D eigenvalue weighted by molar-refractivity contribution is 5.90. The van der Waals surface area contributed by atoms with E-state index in [-0.39, 0.29) is 17.6 Å². The zero-order valence-corrected chi connectivity index (χ0v) is 17.0. The van der Waals surface area contributed by atoms with Crippen molar-refractivity contribution in [2.45, 2.75) is 31.8 Å². The Morgan fingerprint density at radius 1 is 1.14 bits per heavy atom. The number of carbonyl (C=O) groups excluding carboxylic acids is 2. The highest BCUT2D eigenvalue weighted by atomic mass is 16.3. The van der Waals surface area contributed by atoms with Gasteiger partial charge in [0.25, 0.3) is 0 Å². The van der Waals surface area contributed by atoms with Crippen molar-refractivity contribution >= 4 is 11.8 Å². The van der Waals surface area contributed by atoms with Crippen LogP contribution in [0.5, 0.6) is 5.75 Å². The van der Waals surface area contributed by atoms with Crippen molar-refractivity contribution in [3.63, 3.8) is 0 Å². The van der Waals surface area contributed by atoms with E-state index in [1.807, 2.05) is 32.3 Å². The summed E-state index contributed by atoms with van der Waals surface area (Å²) in [4.78, 5) is 30.8. The molecule has 1 aromatic carbocycles. The lowest BCUT2D eigenvalue weighted by Crippen LogP contribution is -2.51. The van der Waals surface area contributed by atoms with Gasteiger partial charge in [0.15, 0.2) is 0 Å². The van der Waals surface area contributed by atoms with Gasteiger partial charge in [-0.15, -0.1) is 0 Å². The highest BCUT2D eigenvalue weighted by Crippen LogP contribution is 2.13. The number of hydrogen-bond acceptors (Lipinski definition) is 5. The SMILES string of the molecule is C[C@@H](NC(=O)C(Cc1ccc(O)cc1)N(C)C)C(=O)NC=CCc1cccnc1. The highest BCUT2D eigenvalue weighted by Gasteiger charge is 2.24. The smallest absolute Gasteiger partial charge is 0.246 e. The Morgan fingerprint density at radius 3 is 2.48 bits per heavy atom. The van der Waals surface area contributed by atoms with E-state index in [2.05, 4.69) is 15.6 Å². The third kappa shape index (κ3) is 7.38. The zero-order valence-electron chi connectivity index (χ0n) is 17.0. The Morgan fingerprint density at radius 2 is 1.86 bits per heavy atom. The number of phenols is 1. The molecule has 3 N–H and O–H groups in total. The largest absolute Gasteiger partial charge is 0.508 e. The van der Waals surface area contributed by atoms with Gasteiger partial charge in [0.2, 0.25) is 11.8 Å². The maximum absolute atomic E-state index is 12.7. The summed E-state index contributed by atoms with van der Waals surface area (Å²) in [5.74, 6) is -0.338. The number of nitrogens with one attached hydrogen (secondary N) is 2. The minimum Gasteiger partial charge on any atom is -0.508 e. The van der Waals surface area contributed by atoms with Crippen LogP contribution in [0.1, 0.15) is 18.1 Å². The molecule has 0 radical (unpaired) electrons. The summed E-state index contributed by atoms with van der Waals surface area (Å²) in [6, 6.07) is 9.45. The third-order valence-corrected chi connectivity index (χ3v) is 4.46. The standard InChI is InChI=1S/C22H28N4O3/c1-16(21(28)24-13-5-7-18-6-4-12-23-15-18)25-22(29)20(26(2)3)14-17-8-10-19(27)11-9-17/h4-6,8-13,15-16,20,27H,7,14H2,1-3H3,(H,24,28)(H,25,29)/t16-,20?/m1/s1. The van der Waals surface area contributed by atoms with Crippen LogP contribution in [-0.2, 0) is 22.4 Å². The van der Waals surface area contributed by atoms with E-state index in [4.69, 9.17) is 0 Å². The van der Waals surface area contributed by atoms with Crippen LogP contribution in [0.3, 0.4) is 0 Å². The second-order valence-electron chi connectivity index (χ2n) is 7.06. The Labute approximate surface area is 171 Å². The Kier molecular flexibility index (Phi) is 8.36. The molecule has 2 rings (SSSR count). The molecule has 29 heavy (non-hydrogen) atoms. The average Bonchev–Trinajstić information content (AvgIpc) is 2.70. The first kappa shape index (κ1) is 22.1. The van der Waals surface area contributed by atoms with Crippen LogP contribution in [0.4, 0.5) is 0 Å². The zero-order chi connectivity index (χ0) is 21.2. The van der Waals surface area contributed by atoms with Crippen molar-refractivity contribution in [1.29, 1.82) is 0 Å². The van der Waals surface area contributed by atoms with E-state index in [1.165, 1.54) is 0 Å². The van der Waals surface area contributed by atoms with Gasteiger partial charge in [-0.05, 0) is 63.2 Å². The molecular weight excluding hydrogens is 368 g/mol. The molecule has 7 nitrogen and oxygen atoms in total. The van der Waals surface area contributed by atoms with E-state index in [9.17, 15) is 14.7 Å². The maximum Gasteiger partial charge on any atom is 0.246 e. The number of amides is 2. The van der Waals surface area contributed by atoms with Gasteiger partial charge < -0.3 is 15.7 Å². The number of aromatic hydroxyl groups is 1. The summed E-state index contributed by atoms with van der Waals surface area (Å²) in [7, 11) is 3.63. The van der Waals surface area contributed by atoms with Gasteiger partial charge in [0, 0.05) is 18.6 Å².